The van der Waals surface area contributed by atoms with Gasteiger partial charge in [-0.1, -0.05) is 96.8 Å². The predicted octanol–water partition coefficient (Wildman–Crippen LogP) is 5.96. The topological polar surface area (TPSA) is 97.7 Å². The number of aliphatic carboxylic acids is 1. The smallest absolute Gasteiger partial charge is 0.331 e. The third-order valence-corrected chi connectivity index (χ3v) is 5.32. The molecule has 0 aliphatic heterocycles. The summed E-state index contributed by atoms with van der Waals surface area (Å²) in [4.78, 5) is 44.8. The summed E-state index contributed by atoms with van der Waals surface area (Å²) >= 11 is 0. The number of carbonyl (C=O) groups excluding carboxylic acids is 3. The molecule has 1 unspecified atom stereocenters. The molecule has 0 radical (unpaired) electrons. The first-order chi connectivity index (χ1) is 15.0. The Morgan fingerprint density at radius 2 is 1.19 bits per heavy atom. The minimum absolute atomic E-state index is 0.204. The monoisotopic (exact) mass is 438 g/mol. The summed E-state index contributed by atoms with van der Waals surface area (Å²) in [7, 11) is 0. The molecule has 0 bridgehead atoms. The van der Waals surface area contributed by atoms with Crippen LogP contribution < -0.4 is 0 Å². The van der Waals surface area contributed by atoms with Gasteiger partial charge in [-0.25, -0.2) is 9.59 Å². The Morgan fingerprint density at radius 3 is 1.61 bits per heavy atom. The molecule has 0 fully saturated rings. The molecular formula is C25H42O6. The maximum absolute atomic E-state index is 12.2. The third kappa shape index (κ3) is 19.7. The molecule has 0 aromatic heterocycles. The highest BCUT2D eigenvalue weighted by molar-refractivity contribution is 5.93. The highest BCUT2D eigenvalue weighted by Crippen LogP contribution is 2.14. The lowest BCUT2D eigenvalue weighted by Crippen LogP contribution is -2.27. The zero-order chi connectivity index (χ0) is 23.2. The summed E-state index contributed by atoms with van der Waals surface area (Å²) in [5.74, 6) is -2.51. The van der Waals surface area contributed by atoms with Gasteiger partial charge in [-0.3, -0.25) is 4.79 Å². The molecule has 0 amide bonds. The number of ether oxygens (including phenoxy) is 1. The second-order valence-electron chi connectivity index (χ2n) is 8.17. The quantitative estimate of drug-likeness (QED) is 0.0969. The minimum Gasteiger partial charge on any atom is -0.478 e. The molecule has 0 heterocycles. The van der Waals surface area contributed by atoms with Crippen molar-refractivity contribution in [3.63, 3.8) is 0 Å². The van der Waals surface area contributed by atoms with Crippen molar-refractivity contribution in [2.45, 2.75) is 122 Å². The van der Waals surface area contributed by atoms with Gasteiger partial charge in [0.15, 0.2) is 11.9 Å². The SMILES string of the molecule is CCCCCCCCCCCCCCCCCC(=O)C(CC=O)OC(=O)C=CC(=O)O. The number of Topliss-reactive ketones (excluding diaryl/α,β-unsaturated/α-hetero) is 1. The van der Waals surface area contributed by atoms with Crippen LogP contribution in [0.3, 0.4) is 0 Å². The first-order valence-electron chi connectivity index (χ1n) is 12.1. The number of unbranched alkanes of at least 4 members (excludes halogenated alkanes) is 14. The van der Waals surface area contributed by atoms with Crippen LogP contribution in [0, 0.1) is 0 Å². The molecule has 6 heteroatoms. The van der Waals surface area contributed by atoms with Crippen molar-refractivity contribution in [2.24, 2.45) is 0 Å². The van der Waals surface area contributed by atoms with Gasteiger partial charge in [0.1, 0.15) is 6.29 Å². The highest BCUT2D eigenvalue weighted by atomic mass is 16.5. The highest BCUT2D eigenvalue weighted by Gasteiger charge is 2.21. The number of carboxylic acid groups (broad SMARTS) is 1. The summed E-state index contributed by atoms with van der Waals surface area (Å²) < 4.78 is 4.91. The fourth-order valence-electron chi connectivity index (χ4n) is 3.48. The van der Waals surface area contributed by atoms with Gasteiger partial charge < -0.3 is 14.6 Å². The molecule has 0 aromatic rings. The summed E-state index contributed by atoms with van der Waals surface area (Å²) in [6.45, 7) is 2.25. The van der Waals surface area contributed by atoms with Crippen molar-refractivity contribution in [1.29, 1.82) is 0 Å². The maximum Gasteiger partial charge on any atom is 0.331 e. The Morgan fingerprint density at radius 1 is 0.742 bits per heavy atom. The second-order valence-corrected chi connectivity index (χ2v) is 8.17. The molecule has 0 saturated carbocycles. The average Bonchev–Trinajstić information content (AvgIpc) is 2.74. The molecule has 0 rings (SSSR count). The molecule has 6 nitrogen and oxygen atoms in total. The van der Waals surface area contributed by atoms with Gasteiger partial charge >= 0.3 is 11.9 Å². The van der Waals surface area contributed by atoms with Crippen LogP contribution in [0.25, 0.3) is 0 Å². The number of esters is 1. The van der Waals surface area contributed by atoms with Crippen LogP contribution in [0.4, 0.5) is 0 Å². The maximum atomic E-state index is 12.2. The van der Waals surface area contributed by atoms with E-state index in [4.69, 9.17) is 9.84 Å². The van der Waals surface area contributed by atoms with E-state index in [-0.39, 0.29) is 18.6 Å². The van der Waals surface area contributed by atoms with E-state index in [1.807, 2.05) is 0 Å². The lowest BCUT2D eigenvalue weighted by atomic mass is 10.0. The number of ketones is 1. The largest absolute Gasteiger partial charge is 0.478 e. The van der Waals surface area contributed by atoms with Crippen molar-refractivity contribution in [1.82, 2.24) is 0 Å². The first-order valence-corrected chi connectivity index (χ1v) is 12.1. The van der Waals surface area contributed by atoms with E-state index in [2.05, 4.69) is 6.92 Å². The molecule has 0 aliphatic carbocycles. The third-order valence-electron chi connectivity index (χ3n) is 5.32. The van der Waals surface area contributed by atoms with E-state index in [1.54, 1.807) is 0 Å². The van der Waals surface area contributed by atoms with E-state index < -0.39 is 18.0 Å². The molecule has 0 saturated heterocycles. The Labute approximate surface area is 187 Å². The molecule has 0 aromatic carbocycles. The van der Waals surface area contributed by atoms with Gasteiger partial charge in [0.05, 0.1) is 0 Å². The Balaban J connectivity index is 3.68. The number of rotatable bonds is 22. The Kier molecular flexibility index (Phi) is 19.9. The van der Waals surface area contributed by atoms with Crippen LogP contribution in [0.5, 0.6) is 0 Å². The number of carboxylic acids is 1. The van der Waals surface area contributed by atoms with E-state index in [0.717, 1.165) is 25.3 Å². The predicted molar refractivity (Wildman–Crippen MR) is 122 cm³/mol. The van der Waals surface area contributed by atoms with Gasteiger partial charge in [-0.15, -0.1) is 0 Å². The van der Waals surface area contributed by atoms with Crippen molar-refractivity contribution in [2.75, 3.05) is 0 Å². The zero-order valence-corrected chi connectivity index (χ0v) is 19.3. The molecule has 1 atom stereocenters. The van der Waals surface area contributed by atoms with Crippen LogP contribution in [-0.4, -0.2) is 35.2 Å². The fraction of sp³-hybridized carbons (Fsp3) is 0.760. The van der Waals surface area contributed by atoms with E-state index in [9.17, 15) is 19.2 Å². The van der Waals surface area contributed by atoms with Crippen LogP contribution in [0.15, 0.2) is 12.2 Å². The molecule has 0 aliphatic rings. The second kappa shape index (κ2) is 21.3. The van der Waals surface area contributed by atoms with Crippen molar-refractivity contribution in [3.05, 3.63) is 12.2 Å². The molecule has 31 heavy (non-hydrogen) atoms. The van der Waals surface area contributed by atoms with Gasteiger partial charge in [-0.2, -0.15) is 0 Å². The van der Waals surface area contributed by atoms with Gasteiger partial charge in [-0.05, 0) is 6.42 Å². The van der Waals surface area contributed by atoms with Gasteiger partial charge in [0.25, 0.3) is 0 Å². The molecule has 0 spiro atoms. The van der Waals surface area contributed by atoms with Gasteiger partial charge in [0, 0.05) is 25.0 Å². The van der Waals surface area contributed by atoms with E-state index in [1.165, 1.54) is 70.6 Å². The van der Waals surface area contributed by atoms with E-state index >= 15 is 0 Å². The standard InChI is InChI=1S/C25H42O6/c1-2-3-4-5-6-7-8-9-10-11-12-13-14-15-16-17-22(27)23(20-21-26)31-25(30)19-18-24(28)29/h18-19,21,23H,2-17,20H2,1H3,(H,28,29). The Bertz CT molecular complexity index is 526. The lowest BCUT2D eigenvalue weighted by Gasteiger charge is -2.13. The number of aldehydes is 1. The van der Waals surface area contributed by atoms with Crippen LogP contribution >= 0.6 is 0 Å². The Hall–Kier alpha value is -1.98. The summed E-state index contributed by atoms with van der Waals surface area (Å²) in [6.07, 6.45) is 19.4. The zero-order valence-electron chi connectivity index (χ0n) is 19.3. The van der Waals surface area contributed by atoms with Crippen molar-refractivity contribution < 1.29 is 29.0 Å². The van der Waals surface area contributed by atoms with Crippen LogP contribution in [0.2, 0.25) is 0 Å². The number of carbonyl (C=O) groups is 4. The summed E-state index contributed by atoms with van der Waals surface area (Å²) in [6, 6.07) is 0. The van der Waals surface area contributed by atoms with Crippen LogP contribution in [-0.2, 0) is 23.9 Å². The van der Waals surface area contributed by atoms with Crippen LogP contribution in [0.1, 0.15) is 116 Å². The normalized spacial score (nSPS) is 12.0. The van der Waals surface area contributed by atoms with Crippen molar-refractivity contribution in [3.8, 4) is 0 Å². The lowest BCUT2D eigenvalue weighted by molar-refractivity contribution is -0.151. The summed E-state index contributed by atoms with van der Waals surface area (Å²) in [5.41, 5.74) is 0. The van der Waals surface area contributed by atoms with Gasteiger partial charge in [0.2, 0.25) is 0 Å². The molecule has 1 N–H and O–H groups in total. The van der Waals surface area contributed by atoms with E-state index in [0.29, 0.717) is 18.8 Å². The molecular weight excluding hydrogens is 396 g/mol. The number of hydrogen-bond donors (Lipinski definition) is 1. The molecule has 178 valence electrons. The first kappa shape index (κ1) is 29.0. The summed E-state index contributed by atoms with van der Waals surface area (Å²) in [5, 5.41) is 8.49. The minimum atomic E-state index is -1.28. The fourth-order valence-corrected chi connectivity index (χ4v) is 3.48. The van der Waals surface area contributed by atoms with Crippen molar-refractivity contribution >= 4 is 24.0 Å². The average molecular weight is 439 g/mol. The number of hydrogen-bond acceptors (Lipinski definition) is 5.